The van der Waals surface area contributed by atoms with E-state index in [2.05, 4.69) is 15.0 Å². The van der Waals surface area contributed by atoms with Gasteiger partial charge in [-0.25, -0.2) is 0 Å². The van der Waals surface area contributed by atoms with E-state index in [0.717, 1.165) is 37.6 Å². The smallest absolute Gasteiger partial charge is 0.269 e. The Morgan fingerprint density at radius 1 is 1.12 bits per heavy atom. The SMILES string of the molecule is O=[N+]([O-])c1ccc(N2CCN(C3C(=NO)C4CCC3C4)CC2)cc1. The summed E-state index contributed by atoms with van der Waals surface area (Å²) in [6.45, 7) is 3.66. The van der Waals surface area contributed by atoms with E-state index in [9.17, 15) is 15.3 Å². The van der Waals surface area contributed by atoms with E-state index < -0.39 is 0 Å². The molecule has 1 aliphatic heterocycles. The zero-order valence-electron chi connectivity index (χ0n) is 13.5. The van der Waals surface area contributed by atoms with Gasteiger partial charge in [-0.3, -0.25) is 15.0 Å². The summed E-state index contributed by atoms with van der Waals surface area (Å²) in [6.07, 6.45) is 3.59. The van der Waals surface area contributed by atoms with Gasteiger partial charge < -0.3 is 10.1 Å². The van der Waals surface area contributed by atoms with Crippen molar-refractivity contribution in [3.63, 3.8) is 0 Å². The maximum Gasteiger partial charge on any atom is 0.269 e. The molecule has 2 aliphatic carbocycles. The zero-order chi connectivity index (χ0) is 16.7. The first kappa shape index (κ1) is 15.4. The second kappa shape index (κ2) is 6.05. The highest BCUT2D eigenvalue weighted by Gasteiger charge is 2.48. The number of benzene rings is 1. The number of hydrogen-bond donors (Lipinski definition) is 1. The van der Waals surface area contributed by atoms with Crippen molar-refractivity contribution in [2.24, 2.45) is 17.0 Å². The molecule has 4 rings (SSSR count). The van der Waals surface area contributed by atoms with Gasteiger partial charge in [-0.05, 0) is 37.3 Å². The van der Waals surface area contributed by atoms with Gasteiger partial charge in [0, 0.05) is 49.9 Å². The van der Waals surface area contributed by atoms with Crippen LogP contribution < -0.4 is 4.90 Å². The van der Waals surface area contributed by atoms with Crippen LogP contribution in [-0.2, 0) is 0 Å². The van der Waals surface area contributed by atoms with Gasteiger partial charge in [0.05, 0.1) is 16.7 Å². The van der Waals surface area contributed by atoms with Crippen LogP contribution in [0, 0.1) is 22.0 Å². The average Bonchev–Trinajstić information content (AvgIpc) is 3.23. The molecule has 0 radical (unpaired) electrons. The Balaban J connectivity index is 1.41. The Bertz CT molecular complexity index is 652. The quantitative estimate of drug-likeness (QED) is 0.522. The fourth-order valence-electron chi connectivity index (χ4n) is 4.72. The maximum atomic E-state index is 10.8. The topological polar surface area (TPSA) is 82.2 Å². The normalized spacial score (nSPS) is 31.8. The fourth-order valence-corrected chi connectivity index (χ4v) is 4.72. The van der Waals surface area contributed by atoms with Crippen molar-refractivity contribution in [1.82, 2.24) is 4.90 Å². The number of nitro benzene ring substituents is 1. The van der Waals surface area contributed by atoms with E-state index in [0.29, 0.717) is 17.9 Å². The number of non-ortho nitro benzene ring substituents is 1. The monoisotopic (exact) mass is 330 g/mol. The van der Waals surface area contributed by atoms with Crippen LogP contribution in [0.25, 0.3) is 0 Å². The zero-order valence-corrected chi connectivity index (χ0v) is 13.5. The van der Waals surface area contributed by atoms with Crippen molar-refractivity contribution in [2.45, 2.75) is 25.3 Å². The third kappa shape index (κ3) is 2.53. The van der Waals surface area contributed by atoms with Crippen LogP contribution in [0.15, 0.2) is 29.4 Å². The lowest BCUT2D eigenvalue weighted by molar-refractivity contribution is -0.384. The molecule has 3 unspecified atom stereocenters. The van der Waals surface area contributed by atoms with E-state index in [1.165, 1.54) is 19.3 Å². The van der Waals surface area contributed by atoms with E-state index in [4.69, 9.17) is 0 Å². The number of oxime groups is 1. The summed E-state index contributed by atoms with van der Waals surface area (Å²) in [7, 11) is 0. The van der Waals surface area contributed by atoms with Crippen molar-refractivity contribution in [2.75, 3.05) is 31.1 Å². The molecule has 2 bridgehead atoms. The van der Waals surface area contributed by atoms with Crippen molar-refractivity contribution in [3.8, 4) is 0 Å². The molecular weight excluding hydrogens is 308 g/mol. The van der Waals surface area contributed by atoms with Gasteiger partial charge in [-0.15, -0.1) is 0 Å². The molecule has 1 saturated heterocycles. The number of nitro groups is 1. The van der Waals surface area contributed by atoms with Crippen LogP contribution in [0.2, 0.25) is 0 Å². The number of hydrogen-bond acceptors (Lipinski definition) is 6. The molecule has 3 atom stereocenters. The second-order valence-electron chi connectivity index (χ2n) is 7.04. The van der Waals surface area contributed by atoms with E-state index in [1.54, 1.807) is 12.1 Å². The minimum Gasteiger partial charge on any atom is -0.411 e. The summed E-state index contributed by atoms with van der Waals surface area (Å²) in [5.41, 5.74) is 2.16. The fraction of sp³-hybridized carbons (Fsp3) is 0.588. The van der Waals surface area contributed by atoms with E-state index >= 15 is 0 Å². The molecule has 1 aromatic carbocycles. The molecule has 7 nitrogen and oxygen atoms in total. The number of piperazine rings is 1. The maximum absolute atomic E-state index is 10.8. The highest BCUT2D eigenvalue weighted by molar-refractivity contribution is 5.94. The number of anilines is 1. The standard InChI is InChI=1S/C17H22N4O3/c22-18-16-12-1-2-13(11-12)17(16)20-9-7-19(8-10-20)14-3-5-15(6-4-14)21(23)24/h3-6,12-13,17,22H,1-2,7-11H2. The largest absolute Gasteiger partial charge is 0.411 e. The Morgan fingerprint density at radius 2 is 1.83 bits per heavy atom. The Morgan fingerprint density at radius 3 is 2.46 bits per heavy atom. The predicted octanol–water partition coefficient (Wildman–Crippen LogP) is 2.35. The molecule has 7 heteroatoms. The van der Waals surface area contributed by atoms with Crippen LogP contribution >= 0.6 is 0 Å². The van der Waals surface area contributed by atoms with Crippen LogP contribution in [0.5, 0.6) is 0 Å². The Labute approximate surface area is 140 Å². The summed E-state index contributed by atoms with van der Waals surface area (Å²) in [5.74, 6) is 1.13. The molecule has 2 saturated carbocycles. The van der Waals surface area contributed by atoms with Gasteiger partial charge in [-0.1, -0.05) is 5.16 Å². The first-order chi connectivity index (χ1) is 11.7. The van der Waals surface area contributed by atoms with E-state index in [-0.39, 0.29) is 10.6 Å². The third-order valence-electron chi connectivity index (χ3n) is 5.89. The van der Waals surface area contributed by atoms with Gasteiger partial charge >= 0.3 is 0 Å². The lowest BCUT2D eigenvalue weighted by Crippen LogP contribution is -2.54. The molecule has 128 valence electrons. The molecule has 24 heavy (non-hydrogen) atoms. The molecule has 1 aromatic rings. The minimum absolute atomic E-state index is 0.128. The lowest BCUT2D eigenvalue weighted by Gasteiger charge is -2.41. The van der Waals surface area contributed by atoms with Gasteiger partial charge in [-0.2, -0.15) is 0 Å². The molecule has 3 aliphatic rings. The number of fused-ring (bicyclic) bond motifs is 2. The minimum atomic E-state index is -0.368. The van der Waals surface area contributed by atoms with Crippen molar-refractivity contribution < 1.29 is 10.1 Å². The molecule has 0 amide bonds. The first-order valence-corrected chi connectivity index (χ1v) is 8.62. The van der Waals surface area contributed by atoms with Gasteiger partial charge in [0.25, 0.3) is 5.69 Å². The third-order valence-corrected chi connectivity index (χ3v) is 5.89. The first-order valence-electron chi connectivity index (χ1n) is 8.62. The van der Waals surface area contributed by atoms with Crippen LogP contribution in [0.1, 0.15) is 19.3 Å². The van der Waals surface area contributed by atoms with Crippen molar-refractivity contribution >= 4 is 17.1 Å². The summed E-state index contributed by atoms with van der Waals surface area (Å²) in [4.78, 5) is 15.1. The Kier molecular flexibility index (Phi) is 3.88. The summed E-state index contributed by atoms with van der Waals surface area (Å²) in [5, 5.41) is 23.8. The molecule has 1 heterocycles. The summed E-state index contributed by atoms with van der Waals surface area (Å²) < 4.78 is 0. The molecule has 0 aromatic heterocycles. The van der Waals surface area contributed by atoms with Crippen LogP contribution in [0.3, 0.4) is 0 Å². The molecule has 1 N–H and O–H groups in total. The second-order valence-corrected chi connectivity index (χ2v) is 7.04. The number of rotatable bonds is 3. The highest BCUT2D eigenvalue weighted by Crippen LogP contribution is 2.45. The lowest BCUT2D eigenvalue weighted by atomic mass is 9.91. The van der Waals surface area contributed by atoms with Crippen molar-refractivity contribution in [3.05, 3.63) is 34.4 Å². The molecule has 0 spiro atoms. The number of nitrogens with zero attached hydrogens (tertiary/aromatic N) is 4. The molecular formula is C17H22N4O3. The Hall–Kier alpha value is -2.15. The van der Waals surface area contributed by atoms with Crippen LogP contribution in [0.4, 0.5) is 11.4 Å². The summed E-state index contributed by atoms with van der Waals surface area (Å²) in [6, 6.07) is 7.09. The predicted molar refractivity (Wildman–Crippen MR) is 90.7 cm³/mol. The summed E-state index contributed by atoms with van der Waals surface area (Å²) >= 11 is 0. The van der Waals surface area contributed by atoms with Crippen LogP contribution in [-0.4, -0.2) is 53.0 Å². The van der Waals surface area contributed by atoms with E-state index in [1.807, 2.05) is 12.1 Å². The van der Waals surface area contributed by atoms with Crippen molar-refractivity contribution in [1.29, 1.82) is 0 Å². The average molecular weight is 330 g/mol. The van der Waals surface area contributed by atoms with Gasteiger partial charge in [0.1, 0.15) is 0 Å². The highest BCUT2D eigenvalue weighted by atomic mass is 16.6. The van der Waals surface area contributed by atoms with Gasteiger partial charge in [0.2, 0.25) is 0 Å². The van der Waals surface area contributed by atoms with Gasteiger partial charge in [0.15, 0.2) is 0 Å². The molecule has 3 fully saturated rings.